The summed E-state index contributed by atoms with van der Waals surface area (Å²) in [5.41, 5.74) is 5.93. The number of nitrogens with zero attached hydrogens (tertiary/aromatic N) is 1. The third kappa shape index (κ3) is 3.91. The van der Waals surface area contributed by atoms with E-state index in [0.29, 0.717) is 5.56 Å². The fraction of sp³-hybridized carbons (Fsp3) is 0.0476. The minimum atomic E-state index is -0.453. The Morgan fingerprint density at radius 1 is 0.964 bits per heavy atom. The molecule has 2 aromatic rings. The Hall–Kier alpha value is -2.74. The fourth-order valence-electron chi connectivity index (χ4n) is 2.84. The Bertz CT molecular complexity index is 1010. The Morgan fingerprint density at radius 2 is 1.71 bits per heavy atom. The summed E-state index contributed by atoms with van der Waals surface area (Å²) < 4.78 is 4.96. The second-order valence-electron chi connectivity index (χ2n) is 6.25. The maximum absolute atomic E-state index is 12.1. The van der Waals surface area contributed by atoms with Crippen LogP contribution in [0.5, 0.6) is 0 Å². The number of rotatable bonds is 5. The molecule has 0 atom stereocenters. The number of aryl methyl sites for hydroxylation is 1. The first kappa shape index (κ1) is 18.6. The lowest BCUT2D eigenvalue weighted by Gasteiger charge is -2.38. The molecule has 0 spiro atoms. The molecule has 140 valence electrons. The summed E-state index contributed by atoms with van der Waals surface area (Å²) in [7, 11) is 0. The van der Waals surface area contributed by atoms with Crippen LogP contribution in [-0.4, -0.2) is 15.5 Å². The van der Waals surface area contributed by atoms with Crippen molar-refractivity contribution in [1.82, 2.24) is 13.7 Å². The Balaban J connectivity index is 1.27. The zero-order valence-corrected chi connectivity index (χ0v) is 16.6. The maximum Gasteiger partial charge on any atom is 0.301 e. The van der Waals surface area contributed by atoms with Crippen LogP contribution >= 0.6 is 24.1 Å². The summed E-state index contributed by atoms with van der Waals surface area (Å²) in [4.78, 5) is 24.1. The van der Waals surface area contributed by atoms with Crippen LogP contribution in [0.2, 0.25) is 0 Å². The lowest BCUT2D eigenvalue weighted by molar-refractivity contribution is 0.0969. The largest absolute Gasteiger partial charge is 0.301 e. The molecule has 28 heavy (non-hydrogen) atoms. The second kappa shape index (κ2) is 8.10. The average molecular weight is 408 g/mol. The van der Waals surface area contributed by atoms with Gasteiger partial charge in [0, 0.05) is 23.1 Å². The van der Waals surface area contributed by atoms with Gasteiger partial charge in [-0.05, 0) is 36.8 Å². The number of allylic oxidation sites excluding steroid dienone is 4. The van der Waals surface area contributed by atoms with Crippen molar-refractivity contribution in [3.63, 3.8) is 0 Å². The molecule has 5 nitrogen and oxygen atoms in total. The van der Waals surface area contributed by atoms with Crippen molar-refractivity contribution in [3.05, 3.63) is 101 Å². The number of benzene rings is 2. The van der Waals surface area contributed by atoms with Gasteiger partial charge in [-0.25, -0.2) is 0 Å². The predicted molar refractivity (Wildman–Crippen MR) is 115 cm³/mol. The molecule has 2 heterocycles. The van der Waals surface area contributed by atoms with Crippen LogP contribution in [0.4, 0.5) is 4.79 Å². The van der Waals surface area contributed by atoms with E-state index in [9.17, 15) is 9.59 Å². The molecule has 2 amide bonds. The Labute approximate surface area is 172 Å². The highest BCUT2D eigenvalue weighted by molar-refractivity contribution is 8.20. The number of carbonyl (C=O) groups excluding carboxylic acids is 2. The first-order valence-corrected chi connectivity index (χ1v) is 10.2. The number of nitrogens with one attached hydrogen (secondary N) is 2. The number of amides is 2. The zero-order chi connectivity index (χ0) is 19.5. The molecule has 2 aliphatic heterocycles. The van der Waals surface area contributed by atoms with Gasteiger partial charge in [0.1, 0.15) is 0 Å². The van der Waals surface area contributed by atoms with Gasteiger partial charge in [0.05, 0.1) is 23.5 Å². The van der Waals surface area contributed by atoms with E-state index in [2.05, 4.69) is 33.7 Å². The van der Waals surface area contributed by atoms with Gasteiger partial charge >= 0.3 is 5.24 Å². The van der Waals surface area contributed by atoms with Crippen LogP contribution in [-0.2, 0) is 0 Å². The smallest absolute Gasteiger partial charge is 0.282 e. The molecule has 2 bridgehead atoms. The molecule has 0 saturated heterocycles. The van der Waals surface area contributed by atoms with Gasteiger partial charge < -0.3 is 0 Å². The fourth-order valence-corrected chi connectivity index (χ4v) is 4.20. The molecule has 2 N–H and O–H groups in total. The van der Waals surface area contributed by atoms with Crippen LogP contribution in [0.1, 0.15) is 21.5 Å². The van der Waals surface area contributed by atoms with E-state index < -0.39 is 11.1 Å². The van der Waals surface area contributed by atoms with Crippen molar-refractivity contribution in [2.24, 2.45) is 0 Å². The lowest BCUT2D eigenvalue weighted by Crippen LogP contribution is -2.31. The van der Waals surface area contributed by atoms with E-state index in [0.717, 1.165) is 40.0 Å². The molecule has 0 saturated carbocycles. The van der Waals surface area contributed by atoms with Gasteiger partial charge in [0.15, 0.2) is 0 Å². The monoisotopic (exact) mass is 407 g/mol. The average Bonchev–Trinajstić information content (AvgIpc) is 2.72. The quantitative estimate of drug-likeness (QED) is 0.693. The van der Waals surface area contributed by atoms with Gasteiger partial charge in [0.25, 0.3) is 5.91 Å². The van der Waals surface area contributed by atoms with Crippen molar-refractivity contribution in [2.75, 3.05) is 0 Å². The van der Waals surface area contributed by atoms with Crippen LogP contribution in [0.25, 0.3) is 5.57 Å². The molecule has 7 heteroatoms. The Kier molecular flexibility index (Phi) is 5.38. The SMILES string of the molecule is Cc1ccc(C(=O)NC(=O)SNSN2c3ccc(-c4ccccc4)c2c3)cc1. The van der Waals surface area contributed by atoms with Gasteiger partial charge in [-0.2, -0.15) is 4.13 Å². The summed E-state index contributed by atoms with van der Waals surface area (Å²) in [6.07, 6.45) is 6.23. The van der Waals surface area contributed by atoms with E-state index in [1.807, 2.05) is 47.6 Å². The highest BCUT2D eigenvalue weighted by Gasteiger charge is 2.30. The number of hydrogen-bond acceptors (Lipinski definition) is 6. The van der Waals surface area contributed by atoms with E-state index in [1.165, 1.54) is 12.1 Å². The number of carbonyl (C=O) groups is 2. The standard InChI is InChI=1S/C21H17N3O2S2/c1-14-7-9-16(10-8-14)20(25)22-21(26)27-23-28-24-17-11-12-18(19(24)13-17)15-5-3-2-4-6-15/h2-13,23H,1H3,(H,22,25,26). The first-order valence-electron chi connectivity index (χ1n) is 8.62. The summed E-state index contributed by atoms with van der Waals surface area (Å²) in [5, 5.41) is 1.91. The van der Waals surface area contributed by atoms with E-state index in [4.69, 9.17) is 0 Å². The normalized spacial score (nSPS) is 14.5. The summed E-state index contributed by atoms with van der Waals surface area (Å²) in [5.74, 6) is -0.412. The number of imide groups is 1. The summed E-state index contributed by atoms with van der Waals surface area (Å²) in [6.45, 7) is 1.94. The third-order valence-corrected chi connectivity index (χ3v) is 5.82. The van der Waals surface area contributed by atoms with Crippen LogP contribution < -0.4 is 9.44 Å². The first-order chi connectivity index (χ1) is 13.6. The Morgan fingerprint density at radius 3 is 2.43 bits per heavy atom. The number of fused-ring (bicyclic) bond motifs is 2. The van der Waals surface area contributed by atoms with E-state index >= 15 is 0 Å². The molecule has 0 aliphatic carbocycles. The molecule has 2 aliphatic rings. The molecule has 0 unspecified atom stereocenters. The summed E-state index contributed by atoms with van der Waals surface area (Å²) in [6, 6.07) is 17.2. The molecule has 4 rings (SSSR count). The molecule has 0 radical (unpaired) electrons. The van der Waals surface area contributed by atoms with E-state index in [1.54, 1.807) is 12.1 Å². The highest BCUT2D eigenvalue weighted by atomic mass is 32.2. The van der Waals surface area contributed by atoms with Gasteiger partial charge in [-0.15, -0.1) is 0 Å². The molecular weight excluding hydrogens is 390 g/mol. The molecule has 0 fully saturated rings. The summed E-state index contributed by atoms with van der Waals surface area (Å²) >= 11 is 2.15. The van der Waals surface area contributed by atoms with Crippen molar-refractivity contribution >= 4 is 40.8 Å². The maximum atomic E-state index is 12.1. The van der Waals surface area contributed by atoms with Gasteiger partial charge in [-0.3, -0.25) is 19.2 Å². The van der Waals surface area contributed by atoms with Crippen LogP contribution in [0, 0.1) is 6.92 Å². The van der Waals surface area contributed by atoms with Crippen molar-refractivity contribution in [2.45, 2.75) is 6.92 Å². The predicted octanol–water partition coefficient (Wildman–Crippen LogP) is 4.83. The third-order valence-electron chi connectivity index (χ3n) is 4.31. The van der Waals surface area contributed by atoms with Gasteiger partial charge in [-0.1, -0.05) is 54.1 Å². The minimum Gasteiger partial charge on any atom is -0.282 e. The van der Waals surface area contributed by atoms with Crippen LogP contribution in [0.15, 0.2) is 84.2 Å². The van der Waals surface area contributed by atoms with Crippen LogP contribution in [0.3, 0.4) is 0 Å². The molecular formula is C21H17N3O2S2. The topological polar surface area (TPSA) is 61.4 Å². The van der Waals surface area contributed by atoms with Crippen molar-refractivity contribution in [1.29, 1.82) is 0 Å². The minimum absolute atomic E-state index is 0.412. The molecule has 2 aromatic carbocycles. The van der Waals surface area contributed by atoms with Crippen molar-refractivity contribution in [3.8, 4) is 0 Å². The second-order valence-corrected chi connectivity index (χ2v) is 8.04. The van der Waals surface area contributed by atoms with Crippen molar-refractivity contribution < 1.29 is 9.59 Å². The van der Waals surface area contributed by atoms with Gasteiger partial charge in [0.2, 0.25) is 0 Å². The number of hydrogen-bond donors (Lipinski definition) is 2. The highest BCUT2D eigenvalue weighted by Crippen LogP contribution is 2.44. The zero-order valence-electron chi connectivity index (χ0n) is 15.0. The van der Waals surface area contributed by atoms with E-state index in [-0.39, 0.29) is 0 Å². The lowest BCUT2D eigenvalue weighted by atomic mass is 9.94. The molecule has 0 aromatic heterocycles.